The van der Waals surface area contributed by atoms with E-state index < -0.39 is 35.6 Å². The van der Waals surface area contributed by atoms with E-state index in [1.54, 1.807) is 69.3 Å². The summed E-state index contributed by atoms with van der Waals surface area (Å²) in [6.45, 7) is 4.91. The van der Waals surface area contributed by atoms with Crippen molar-refractivity contribution in [3.8, 4) is 5.75 Å². The van der Waals surface area contributed by atoms with Crippen LogP contribution in [0.1, 0.15) is 41.5 Å². The minimum absolute atomic E-state index is 0.219. The lowest BCUT2D eigenvalue weighted by atomic mass is 9.94. The number of anilines is 1. The molecule has 0 aromatic heterocycles. The zero-order valence-corrected chi connectivity index (χ0v) is 19.2. The first-order chi connectivity index (χ1) is 16.1. The van der Waals surface area contributed by atoms with Gasteiger partial charge in [-0.1, -0.05) is 12.1 Å². The highest BCUT2D eigenvalue weighted by atomic mass is 16.7. The third kappa shape index (κ3) is 4.32. The Hall–Kier alpha value is -3.92. The molecule has 34 heavy (non-hydrogen) atoms. The molecular formula is C24H25N3O7. The average Bonchev–Trinajstić information content (AvgIpc) is 3.04. The summed E-state index contributed by atoms with van der Waals surface area (Å²) < 4.78 is 10.4. The van der Waals surface area contributed by atoms with Gasteiger partial charge in [-0.05, 0) is 57.2 Å². The topological polar surface area (TPSA) is 114 Å². The smallest absolute Gasteiger partial charge is 0.408 e. The van der Waals surface area contributed by atoms with Gasteiger partial charge in [0.15, 0.2) is 0 Å². The van der Waals surface area contributed by atoms with E-state index in [0.29, 0.717) is 16.5 Å². The minimum atomic E-state index is -0.966. The molecule has 0 bridgehead atoms. The van der Waals surface area contributed by atoms with Gasteiger partial charge in [0.2, 0.25) is 0 Å². The van der Waals surface area contributed by atoms with Gasteiger partial charge in [0.1, 0.15) is 17.4 Å². The molecule has 2 aromatic rings. The Morgan fingerprint density at radius 1 is 0.971 bits per heavy atom. The second-order valence-electron chi connectivity index (χ2n) is 8.84. The van der Waals surface area contributed by atoms with Crippen molar-refractivity contribution >= 4 is 29.5 Å². The van der Waals surface area contributed by atoms with Crippen molar-refractivity contribution in [1.82, 2.24) is 10.4 Å². The molecule has 2 aliphatic heterocycles. The fraction of sp³-hybridized carbons (Fsp3) is 0.333. The summed E-state index contributed by atoms with van der Waals surface area (Å²) in [6.07, 6.45) is -0.758. The summed E-state index contributed by atoms with van der Waals surface area (Å²) >= 11 is 0. The average molecular weight is 467 g/mol. The molecule has 4 amide bonds. The van der Waals surface area contributed by atoms with Gasteiger partial charge in [-0.15, -0.1) is 5.06 Å². The van der Waals surface area contributed by atoms with Crippen LogP contribution >= 0.6 is 0 Å². The van der Waals surface area contributed by atoms with Crippen molar-refractivity contribution in [1.29, 1.82) is 0 Å². The van der Waals surface area contributed by atoms with Gasteiger partial charge in [-0.3, -0.25) is 19.2 Å². The van der Waals surface area contributed by atoms with E-state index in [0.717, 1.165) is 0 Å². The maximum atomic E-state index is 13.0. The molecule has 178 valence electrons. The van der Waals surface area contributed by atoms with E-state index in [2.05, 4.69) is 5.32 Å². The van der Waals surface area contributed by atoms with Crippen LogP contribution in [0.25, 0.3) is 0 Å². The molecule has 0 radical (unpaired) electrons. The number of hydrogen-bond acceptors (Lipinski definition) is 7. The van der Waals surface area contributed by atoms with Crippen LogP contribution in [-0.4, -0.2) is 60.3 Å². The van der Waals surface area contributed by atoms with Crippen molar-refractivity contribution in [3.63, 3.8) is 0 Å². The lowest BCUT2D eigenvalue weighted by Crippen LogP contribution is -2.73. The number of imide groups is 1. The summed E-state index contributed by atoms with van der Waals surface area (Å²) in [7, 11) is 1.53. The van der Waals surface area contributed by atoms with Crippen LogP contribution in [0.5, 0.6) is 5.75 Å². The van der Waals surface area contributed by atoms with E-state index in [4.69, 9.17) is 14.3 Å². The van der Waals surface area contributed by atoms with Crippen molar-refractivity contribution in [2.45, 2.75) is 38.5 Å². The molecule has 1 saturated heterocycles. The van der Waals surface area contributed by atoms with Gasteiger partial charge >= 0.3 is 6.09 Å². The standard InChI is InChI=1S/C24H25N3O7/c1-24(2,3)34-23(31)25-19-18(26(22(19)30)14-9-11-15(32-4)12-10-14)13-33-27-20(28)16-7-5-6-8-17(16)21(27)29/h5-12,18-19H,13H2,1-4H3,(H,25,31)/t18-,19+/m0/s1. The quantitative estimate of drug-likeness (QED) is 0.513. The number of amides is 4. The number of benzene rings is 2. The first-order valence-corrected chi connectivity index (χ1v) is 10.7. The summed E-state index contributed by atoms with van der Waals surface area (Å²) in [5.74, 6) is -0.941. The van der Waals surface area contributed by atoms with Gasteiger partial charge in [-0.25, -0.2) is 4.79 Å². The van der Waals surface area contributed by atoms with Crippen LogP contribution in [0, 0.1) is 0 Å². The highest BCUT2D eigenvalue weighted by molar-refractivity contribution is 6.20. The van der Waals surface area contributed by atoms with Crippen LogP contribution in [0.15, 0.2) is 48.5 Å². The zero-order chi connectivity index (χ0) is 24.6. The molecule has 2 atom stereocenters. The Bertz CT molecular complexity index is 1110. The van der Waals surface area contributed by atoms with Gasteiger partial charge in [-0.2, -0.15) is 0 Å². The van der Waals surface area contributed by atoms with E-state index in [-0.39, 0.29) is 23.6 Å². The third-order valence-electron chi connectivity index (χ3n) is 5.37. The van der Waals surface area contributed by atoms with Crippen molar-refractivity contribution in [3.05, 3.63) is 59.7 Å². The number of carbonyl (C=O) groups is 4. The molecule has 2 heterocycles. The maximum Gasteiger partial charge on any atom is 0.408 e. The second-order valence-corrected chi connectivity index (χ2v) is 8.84. The van der Waals surface area contributed by atoms with Gasteiger partial charge < -0.3 is 19.7 Å². The molecule has 2 aromatic carbocycles. The number of hydroxylamine groups is 2. The number of carbonyl (C=O) groups excluding carboxylic acids is 4. The molecule has 0 unspecified atom stereocenters. The molecule has 4 rings (SSSR count). The number of β-lactam (4-membered cyclic amide) rings is 1. The Morgan fingerprint density at radius 2 is 1.56 bits per heavy atom. The molecule has 1 N–H and O–H groups in total. The van der Waals surface area contributed by atoms with E-state index >= 15 is 0 Å². The number of alkyl carbamates (subject to hydrolysis) is 1. The summed E-state index contributed by atoms with van der Waals surface area (Å²) in [5, 5.41) is 3.25. The lowest BCUT2D eigenvalue weighted by Gasteiger charge is -2.46. The molecule has 2 aliphatic rings. The second kappa shape index (κ2) is 8.79. The number of nitrogens with one attached hydrogen (secondary N) is 1. The van der Waals surface area contributed by atoms with Crippen LogP contribution in [-0.2, 0) is 14.4 Å². The number of nitrogens with zero attached hydrogens (tertiary/aromatic N) is 2. The van der Waals surface area contributed by atoms with Crippen molar-refractivity contribution in [2.75, 3.05) is 18.6 Å². The molecule has 10 heteroatoms. The zero-order valence-electron chi connectivity index (χ0n) is 19.2. The fourth-order valence-corrected chi connectivity index (χ4v) is 3.80. The minimum Gasteiger partial charge on any atom is -0.497 e. The largest absolute Gasteiger partial charge is 0.497 e. The molecule has 0 aliphatic carbocycles. The Labute approximate surface area is 196 Å². The van der Waals surface area contributed by atoms with Gasteiger partial charge in [0, 0.05) is 5.69 Å². The predicted octanol–water partition coefficient (Wildman–Crippen LogP) is 2.53. The van der Waals surface area contributed by atoms with Crippen LogP contribution in [0.4, 0.5) is 10.5 Å². The maximum absolute atomic E-state index is 13.0. The lowest BCUT2D eigenvalue weighted by molar-refractivity contribution is -0.135. The monoisotopic (exact) mass is 467 g/mol. The Morgan fingerprint density at radius 3 is 2.09 bits per heavy atom. The van der Waals surface area contributed by atoms with Crippen molar-refractivity contribution in [2.24, 2.45) is 0 Å². The van der Waals surface area contributed by atoms with Crippen LogP contribution < -0.4 is 15.0 Å². The number of ether oxygens (including phenoxy) is 2. The Balaban J connectivity index is 1.53. The number of hydrogen-bond donors (Lipinski definition) is 1. The summed E-state index contributed by atoms with van der Waals surface area (Å²) in [4.78, 5) is 57.5. The number of methoxy groups -OCH3 is 1. The summed E-state index contributed by atoms with van der Waals surface area (Å²) in [5.41, 5.74) is 0.280. The first-order valence-electron chi connectivity index (χ1n) is 10.7. The first kappa shape index (κ1) is 23.2. The van der Waals surface area contributed by atoms with E-state index in [1.807, 2.05) is 0 Å². The van der Waals surface area contributed by atoms with Crippen molar-refractivity contribution < 1.29 is 33.5 Å². The number of rotatable bonds is 6. The number of fused-ring (bicyclic) bond motifs is 1. The molecule has 0 spiro atoms. The highest BCUT2D eigenvalue weighted by Gasteiger charge is 2.50. The fourth-order valence-electron chi connectivity index (χ4n) is 3.80. The SMILES string of the molecule is COc1ccc(N2C(=O)[C@H](NC(=O)OC(C)(C)C)[C@@H]2CON2C(=O)c3ccccc3C2=O)cc1. The van der Waals surface area contributed by atoms with Crippen LogP contribution in [0.2, 0.25) is 0 Å². The highest BCUT2D eigenvalue weighted by Crippen LogP contribution is 2.31. The molecule has 10 nitrogen and oxygen atoms in total. The van der Waals surface area contributed by atoms with Gasteiger partial charge in [0.05, 0.1) is 30.9 Å². The van der Waals surface area contributed by atoms with E-state index in [1.165, 1.54) is 12.0 Å². The van der Waals surface area contributed by atoms with Crippen LogP contribution in [0.3, 0.4) is 0 Å². The molecule has 0 saturated carbocycles. The molecular weight excluding hydrogens is 442 g/mol. The Kier molecular flexibility index (Phi) is 6.01. The molecule has 1 fully saturated rings. The van der Waals surface area contributed by atoms with E-state index in [9.17, 15) is 19.2 Å². The van der Waals surface area contributed by atoms with Gasteiger partial charge in [0.25, 0.3) is 17.7 Å². The predicted molar refractivity (Wildman–Crippen MR) is 120 cm³/mol. The normalized spacial score (nSPS) is 19.6. The summed E-state index contributed by atoms with van der Waals surface area (Å²) in [6, 6.07) is 11.5. The third-order valence-corrected chi connectivity index (χ3v) is 5.37.